The second-order valence-electron chi connectivity index (χ2n) is 5.11. The second-order valence-corrected chi connectivity index (χ2v) is 5.11. The van der Waals surface area contributed by atoms with E-state index in [0.717, 1.165) is 12.8 Å². The third-order valence-corrected chi connectivity index (χ3v) is 2.72. The van der Waals surface area contributed by atoms with Crippen LogP contribution >= 0.6 is 0 Å². The van der Waals surface area contributed by atoms with Crippen LogP contribution in [0.1, 0.15) is 47.5 Å². The van der Waals surface area contributed by atoms with Gasteiger partial charge in [-0.2, -0.15) is 0 Å². The molecule has 84 valence electrons. The first-order valence-corrected chi connectivity index (χ1v) is 5.80. The van der Waals surface area contributed by atoms with E-state index in [-0.39, 0.29) is 6.29 Å². The maximum atomic E-state index is 5.76. The highest BCUT2D eigenvalue weighted by Gasteiger charge is 2.29. The standard InChI is InChI=1S/C12H24O2/c1-8(2)6-11-7-12(9(3)4)14-10(5)13-11/h8-12H,6-7H2,1-5H3. The summed E-state index contributed by atoms with van der Waals surface area (Å²) in [5.41, 5.74) is 0. The summed E-state index contributed by atoms with van der Waals surface area (Å²) >= 11 is 0. The molecule has 0 aromatic heterocycles. The lowest BCUT2D eigenvalue weighted by Crippen LogP contribution is -2.39. The molecule has 1 fully saturated rings. The van der Waals surface area contributed by atoms with Gasteiger partial charge in [-0.3, -0.25) is 0 Å². The molecule has 14 heavy (non-hydrogen) atoms. The van der Waals surface area contributed by atoms with Crippen molar-refractivity contribution >= 4 is 0 Å². The minimum Gasteiger partial charge on any atom is -0.350 e. The normalized spacial score (nSPS) is 34.1. The zero-order valence-electron chi connectivity index (χ0n) is 10.1. The molecular weight excluding hydrogens is 176 g/mol. The molecule has 0 aliphatic carbocycles. The largest absolute Gasteiger partial charge is 0.350 e. The molecule has 0 spiro atoms. The fraction of sp³-hybridized carbons (Fsp3) is 1.00. The first-order chi connectivity index (χ1) is 6.49. The Labute approximate surface area is 88.0 Å². The van der Waals surface area contributed by atoms with Gasteiger partial charge in [0.15, 0.2) is 6.29 Å². The summed E-state index contributed by atoms with van der Waals surface area (Å²) in [5, 5.41) is 0. The Morgan fingerprint density at radius 3 is 2.29 bits per heavy atom. The topological polar surface area (TPSA) is 18.5 Å². The number of rotatable bonds is 3. The highest BCUT2D eigenvalue weighted by Crippen LogP contribution is 2.26. The van der Waals surface area contributed by atoms with Crippen LogP contribution in [0.25, 0.3) is 0 Å². The smallest absolute Gasteiger partial charge is 0.155 e. The minimum absolute atomic E-state index is 0.0279. The van der Waals surface area contributed by atoms with Crippen molar-refractivity contribution in [2.45, 2.75) is 66.0 Å². The first-order valence-electron chi connectivity index (χ1n) is 5.80. The van der Waals surface area contributed by atoms with Crippen molar-refractivity contribution in [3.63, 3.8) is 0 Å². The van der Waals surface area contributed by atoms with Crippen LogP contribution in [0.3, 0.4) is 0 Å². The Bertz CT molecular complexity index is 164. The Hall–Kier alpha value is -0.0800. The predicted molar refractivity (Wildman–Crippen MR) is 58.1 cm³/mol. The van der Waals surface area contributed by atoms with Gasteiger partial charge in [0, 0.05) is 6.42 Å². The molecule has 0 aromatic carbocycles. The highest BCUT2D eigenvalue weighted by atomic mass is 16.7. The molecule has 0 saturated carbocycles. The zero-order valence-corrected chi connectivity index (χ0v) is 10.1. The van der Waals surface area contributed by atoms with E-state index in [1.54, 1.807) is 0 Å². The van der Waals surface area contributed by atoms with Gasteiger partial charge in [0.1, 0.15) is 0 Å². The summed E-state index contributed by atoms with van der Waals surface area (Å²) in [6.45, 7) is 10.9. The molecule has 0 radical (unpaired) electrons. The van der Waals surface area contributed by atoms with Crippen LogP contribution in [0, 0.1) is 11.8 Å². The molecular formula is C12H24O2. The number of ether oxygens (including phenoxy) is 2. The lowest BCUT2D eigenvalue weighted by Gasteiger charge is -2.36. The average molecular weight is 200 g/mol. The van der Waals surface area contributed by atoms with Gasteiger partial charge in [0.2, 0.25) is 0 Å². The Morgan fingerprint density at radius 1 is 1.14 bits per heavy atom. The Kier molecular flexibility index (Phi) is 4.39. The zero-order chi connectivity index (χ0) is 10.7. The van der Waals surface area contributed by atoms with E-state index in [1.807, 2.05) is 6.92 Å². The van der Waals surface area contributed by atoms with Crippen LogP contribution in [0.5, 0.6) is 0 Å². The van der Waals surface area contributed by atoms with E-state index in [9.17, 15) is 0 Å². The van der Waals surface area contributed by atoms with Gasteiger partial charge in [-0.05, 0) is 25.2 Å². The van der Waals surface area contributed by atoms with Gasteiger partial charge < -0.3 is 9.47 Å². The average Bonchev–Trinajstić information content (AvgIpc) is 2.01. The van der Waals surface area contributed by atoms with Crippen molar-refractivity contribution in [1.82, 2.24) is 0 Å². The van der Waals surface area contributed by atoms with Gasteiger partial charge >= 0.3 is 0 Å². The molecule has 3 unspecified atom stereocenters. The maximum Gasteiger partial charge on any atom is 0.155 e. The van der Waals surface area contributed by atoms with Gasteiger partial charge in [0.05, 0.1) is 12.2 Å². The fourth-order valence-corrected chi connectivity index (χ4v) is 2.03. The minimum atomic E-state index is -0.0279. The molecule has 0 bridgehead atoms. The highest BCUT2D eigenvalue weighted by molar-refractivity contribution is 4.74. The van der Waals surface area contributed by atoms with Crippen LogP contribution in [0.4, 0.5) is 0 Å². The van der Waals surface area contributed by atoms with Crippen LogP contribution in [-0.4, -0.2) is 18.5 Å². The lowest BCUT2D eigenvalue weighted by atomic mass is 9.95. The van der Waals surface area contributed by atoms with E-state index in [4.69, 9.17) is 9.47 Å². The quantitative estimate of drug-likeness (QED) is 0.696. The SMILES string of the molecule is CC(C)CC1CC(C(C)C)OC(C)O1. The first kappa shape index (κ1) is 12.0. The van der Waals surface area contributed by atoms with Crippen LogP contribution in [0.15, 0.2) is 0 Å². The van der Waals surface area contributed by atoms with Crippen molar-refractivity contribution in [2.75, 3.05) is 0 Å². The molecule has 0 N–H and O–H groups in total. The summed E-state index contributed by atoms with van der Waals surface area (Å²) in [7, 11) is 0. The second kappa shape index (κ2) is 5.13. The van der Waals surface area contributed by atoms with Crippen molar-refractivity contribution in [3.8, 4) is 0 Å². The molecule has 1 aliphatic rings. The third kappa shape index (κ3) is 3.58. The fourth-order valence-electron chi connectivity index (χ4n) is 2.03. The molecule has 3 atom stereocenters. The number of hydrogen-bond donors (Lipinski definition) is 0. The maximum absolute atomic E-state index is 5.76. The molecule has 2 nitrogen and oxygen atoms in total. The van der Waals surface area contributed by atoms with E-state index in [1.165, 1.54) is 0 Å². The van der Waals surface area contributed by atoms with Crippen LogP contribution in [0.2, 0.25) is 0 Å². The van der Waals surface area contributed by atoms with E-state index in [0.29, 0.717) is 24.0 Å². The van der Waals surface area contributed by atoms with Crippen molar-refractivity contribution in [1.29, 1.82) is 0 Å². The van der Waals surface area contributed by atoms with Gasteiger partial charge in [0.25, 0.3) is 0 Å². The van der Waals surface area contributed by atoms with Crippen molar-refractivity contribution < 1.29 is 9.47 Å². The van der Waals surface area contributed by atoms with Gasteiger partial charge in [-0.25, -0.2) is 0 Å². The molecule has 1 saturated heterocycles. The monoisotopic (exact) mass is 200 g/mol. The molecule has 1 heterocycles. The predicted octanol–water partition coefficient (Wildman–Crippen LogP) is 3.21. The summed E-state index contributed by atoms with van der Waals surface area (Å²) in [5.74, 6) is 1.30. The third-order valence-electron chi connectivity index (χ3n) is 2.72. The van der Waals surface area contributed by atoms with E-state index < -0.39 is 0 Å². The summed E-state index contributed by atoms with van der Waals surface area (Å²) in [4.78, 5) is 0. The Morgan fingerprint density at radius 2 is 1.79 bits per heavy atom. The van der Waals surface area contributed by atoms with E-state index in [2.05, 4.69) is 27.7 Å². The van der Waals surface area contributed by atoms with Crippen LogP contribution < -0.4 is 0 Å². The van der Waals surface area contributed by atoms with Gasteiger partial charge in [-0.1, -0.05) is 27.7 Å². The summed E-state index contributed by atoms with van der Waals surface area (Å²) < 4.78 is 11.5. The number of hydrogen-bond acceptors (Lipinski definition) is 2. The molecule has 2 heteroatoms. The molecule has 0 aromatic rings. The summed E-state index contributed by atoms with van der Waals surface area (Å²) in [6, 6.07) is 0. The molecule has 1 aliphatic heterocycles. The summed E-state index contributed by atoms with van der Waals surface area (Å²) in [6.07, 6.45) is 2.95. The Balaban J connectivity index is 2.45. The van der Waals surface area contributed by atoms with E-state index >= 15 is 0 Å². The lowest BCUT2D eigenvalue weighted by molar-refractivity contribution is -0.244. The van der Waals surface area contributed by atoms with Crippen LogP contribution in [-0.2, 0) is 9.47 Å². The molecule has 0 amide bonds. The molecule has 1 rings (SSSR count). The van der Waals surface area contributed by atoms with Gasteiger partial charge in [-0.15, -0.1) is 0 Å². The van der Waals surface area contributed by atoms with Crippen molar-refractivity contribution in [3.05, 3.63) is 0 Å². The van der Waals surface area contributed by atoms with Crippen molar-refractivity contribution in [2.24, 2.45) is 11.8 Å².